The van der Waals surface area contributed by atoms with Crippen molar-refractivity contribution in [3.8, 4) is 0 Å². The first-order valence-electron chi connectivity index (χ1n) is 5.20. The van der Waals surface area contributed by atoms with Gasteiger partial charge in [-0.15, -0.1) is 0 Å². The number of methoxy groups -OCH3 is 1. The maximum absolute atomic E-state index is 11.5. The molecule has 0 spiro atoms. The molecule has 1 aromatic rings. The molecule has 0 saturated carbocycles. The molecule has 0 atom stereocenters. The van der Waals surface area contributed by atoms with E-state index >= 15 is 0 Å². The molecule has 0 radical (unpaired) electrons. The molecule has 0 saturated heterocycles. The predicted molar refractivity (Wildman–Crippen MR) is 62.8 cm³/mol. The zero-order chi connectivity index (χ0) is 11.7. The van der Waals surface area contributed by atoms with Crippen molar-refractivity contribution >= 4 is 17.6 Å². The van der Waals surface area contributed by atoms with Gasteiger partial charge in [-0.05, 0) is 36.7 Å². The van der Waals surface area contributed by atoms with Crippen LogP contribution in [0, 0.1) is 0 Å². The minimum atomic E-state index is -0.369. The maximum atomic E-state index is 11.5. The normalized spacial score (nSPS) is 15.7. The first-order valence-corrected chi connectivity index (χ1v) is 5.57. The van der Waals surface area contributed by atoms with Gasteiger partial charge in [0.05, 0.1) is 17.7 Å². The van der Waals surface area contributed by atoms with Crippen molar-refractivity contribution in [2.75, 3.05) is 20.7 Å². The van der Waals surface area contributed by atoms with E-state index in [-0.39, 0.29) is 5.97 Å². The van der Waals surface area contributed by atoms with Gasteiger partial charge in [0, 0.05) is 13.1 Å². The van der Waals surface area contributed by atoms with Gasteiger partial charge in [-0.1, -0.05) is 11.6 Å². The third-order valence-corrected chi connectivity index (χ3v) is 3.21. The van der Waals surface area contributed by atoms with Crippen molar-refractivity contribution in [1.82, 2.24) is 4.90 Å². The number of hydrogen-bond acceptors (Lipinski definition) is 3. The Balaban J connectivity index is 2.42. The fourth-order valence-corrected chi connectivity index (χ4v) is 2.25. The van der Waals surface area contributed by atoms with E-state index in [4.69, 9.17) is 16.3 Å². The Bertz CT molecular complexity index is 431. The van der Waals surface area contributed by atoms with Crippen LogP contribution in [-0.2, 0) is 17.7 Å². The van der Waals surface area contributed by atoms with Crippen molar-refractivity contribution in [2.24, 2.45) is 0 Å². The molecule has 1 aliphatic rings. The zero-order valence-corrected chi connectivity index (χ0v) is 10.2. The highest BCUT2D eigenvalue weighted by Crippen LogP contribution is 2.26. The summed E-state index contributed by atoms with van der Waals surface area (Å²) in [6.07, 6.45) is 0.951. The molecular formula is C12H14ClNO2. The van der Waals surface area contributed by atoms with E-state index in [0.717, 1.165) is 19.5 Å². The van der Waals surface area contributed by atoms with Crippen molar-refractivity contribution in [2.45, 2.75) is 13.0 Å². The molecule has 4 heteroatoms. The van der Waals surface area contributed by atoms with E-state index in [1.165, 1.54) is 18.2 Å². The van der Waals surface area contributed by atoms with E-state index in [0.29, 0.717) is 10.6 Å². The van der Waals surface area contributed by atoms with E-state index in [2.05, 4.69) is 11.9 Å². The predicted octanol–water partition coefficient (Wildman–Crippen LogP) is 2.11. The Morgan fingerprint density at radius 1 is 1.44 bits per heavy atom. The fraction of sp³-hybridized carbons (Fsp3) is 0.417. The Labute approximate surface area is 100.0 Å². The lowest BCUT2D eigenvalue weighted by atomic mass is 9.97. The molecule has 2 rings (SSSR count). The summed E-state index contributed by atoms with van der Waals surface area (Å²) in [5.41, 5.74) is 2.86. The molecule has 0 fully saturated rings. The summed E-state index contributed by atoms with van der Waals surface area (Å²) in [5.74, 6) is -0.369. The minimum absolute atomic E-state index is 0.369. The molecule has 0 aliphatic carbocycles. The van der Waals surface area contributed by atoms with E-state index < -0.39 is 0 Å². The average Bonchev–Trinajstić information content (AvgIpc) is 2.27. The third-order valence-electron chi connectivity index (χ3n) is 2.90. The Hall–Kier alpha value is -1.06. The molecule has 0 N–H and O–H groups in total. The van der Waals surface area contributed by atoms with Crippen LogP contribution in [0.5, 0.6) is 0 Å². The van der Waals surface area contributed by atoms with Crippen LogP contribution in [0.2, 0.25) is 5.02 Å². The van der Waals surface area contributed by atoms with Gasteiger partial charge in [0.1, 0.15) is 0 Å². The topological polar surface area (TPSA) is 29.5 Å². The quantitative estimate of drug-likeness (QED) is 0.703. The molecule has 3 nitrogen and oxygen atoms in total. The molecule has 0 aromatic heterocycles. The smallest absolute Gasteiger partial charge is 0.339 e. The molecule has 1 aromatic carbocycles. The lowest BCUT2D eigenvalue weighted by molar-refractivity contribution is 0.0600. The monoisotopic (exact) mass is 239 g/mol. The number of rotatable bonds is 1. The number of benzene rings is 1. The van der Waals surface area contributed by atoms with Crippen LogP contribution >= 0.6 is 11.6 Å². The summed E-state index contributed by atoms with van der Waals surface area (Å²) >= 11 is 6.06. The van der Waals surface area contributed by atoms with Crippen molar-refractivity contribution in [3.63, 3.8) is 0 Å². The van der Waals surface area contributed by atoms with Gasteiger partial charge in [-0.3, -0.25) is 0 Å². The molecular weight excluding hydrogens is 226 g/mol. The number of nitrogens with zero attached hydrogens (tertiary/aromatic N) is 1. The van der Waals surface area contributed by atoms with Crippen LogP contribution in [0.4, 0.5) is 0 Å². The highest BCUT2D eigenvalue weighted by Gasteiger charge is 2.18. The van der Waals surface area contributed by atoms with Crippen molar-refractivity contribution in [1.29, 1.82) is 0 Å². The lowest BCUT2D eigenvalue weighted by Crippen LogP contribution is -2.26. The van der Waals surface area contributed by atoms with E-state index in [1.54, 1.807) is 0 Å². The van der Waals surface area contributed by atoms with Crippen molar-refractivity contribution < 1.29 is 9.53 Å². The second kappa shape index (κ2) is 4.44. The first kappa shape index (κ1) is 11.4. The summed E-state index contributed by atoms with van der Waals surface area (Å²) in [4.78, 5) is 13.7. The summed E-state index contributed by atoms with van der Waals surface area (Å²) < 4.78 is 4.70. The van der Waals surface area contributed by atoms with Crippen molar-refractivity contribution in [3.05, 3.63) is 33.8 Å². The highest BCUT2D eigenvalue weighted by molar-refractivity contribution is 6.33. The number of halogens is 1. The van der Waals surface area contributed by atoms with Gasteiger partial charge in [0.25, 0.3) is 0 Å². The number of ether oxygens (including phenoxy) is 1. The Morgan fingerprint density at radius 2 is 2.19 bits per heavy atom. The first-order chi connectivity index (χ1) is 7.61. The van der Waals surface area contributed by atoms with Gasteiger partial charge in [0.15, 0.2) is 0 Å². The van der Waals surface area contributed by atoms with Crippen LogP contribution < -0.4 is 0 Å². The summed E-state index contributed by atoms with van der Waals surface area (Å²) in [5, 5.41) is 0.473. The number of esters is 1. The number of hydrogen-bond donors (Lipinski definition) is 0. The zero-order valence-electron chi connectivity index (χ0n) is 9.42. The number of likely N-dealkylation sites (N-methyl/N-ethyl adjacent to an activating group) is 1. The van der Waals surface area contributed by atoms with Crippen LogP contribution in [0.15, 0.2) is 12.1 Å². The second-order valence-electron chi connectivity index (χ2n) is 4.08. The maximum Gasteiger partial charge on any atom is 0.339 e. The third kappa shape index (κ3) is 2.06. The van der Waals surface area contributed by atoms with Crippen LogP contribution in [-0.4, -0.2) is 31.6 Å². The highest BCUT2D eigenvalue weighted by atomic mass is 35.5. The molecule has 1 heterocycles. The molecule has 86 valence electrons. The van der Waals surface area contributed by atoms with Gasteiger partial charge < -0.3 is 9.64 Å². The molecule has 0 unspecified atom stereocenters. The minimum Gasteiger partial charge on any atom is -0.465 e. The number of fused-ring (bicyclic) bond motifs is 1. The van der Waals surface area contributed by atoms with Gasteiger partial charge in [0.2, 0.25) is 0 Å². The molecule has 1 aliphatic heterocycles. The summed E-state index contributed by atoms with van der Waals surface area (Å²) in [6, 6.07) is 3.73. The number of carbonyl (C=O) groups excluding carboxylic acids is 1. The lowest BCUT2D eigenvalue weighted by Gasteiger charge is -2.25. The molecule has 0 amide bonds. The van der Waals surface area contributed by atoms with Gasteiger partial charge in [-0.25, -0.2) is 4.79 Å². The largest absolute Gasteiger partial charge is 0.465 e. The summed E-state index contributed by atoms with van der Waals surface area (Å²) in [6.45, 7) is 1.89. The van der Waals surface area contributed by atoms with Crippen LogP contribution in [0.3, 0.4) is 0 Å². The SMILES string of the molecule is COC(=O)c1cc2c(cc1Cl)CN(C)CC2. The molecule has 0 bridgehead atoms. The summed E-state index contributed by atoms with van der Waals surface area (Å²) in [7, 11) is 3.44. The van der Waals surface area contributed by atoms with Crippen LogP contribution in [0.25, 0.3) is 0 Å². The van der Waals surface area contributed by atoms with E-state index in [1.807, 2.05) is 12.1 Å². The Morgan fingerprint density at radius 3 is 2.88 bits per heavy atom. The number of carbonyl (C=O) groups is 1. The fourth-order valence-electron chi connectivity index (χ4n) is 1.99. The Kier molecular flexibility index (Phi) is 3.17. The standard InChI is InChI=1S/C12H14ClNO2/c1-14-4-3-8-5-10(12(15)16-2)11(13)6-9(8)7-14/h5-6H,3-4,7H2,1-2H3. The average molecular weight is 240 g/mol. The molecule has 16 heavy (non-hydrogen) atoms. The van der Waals surface area contributed by atoms with Crippen LogP contribution in [0.1, 0.15) is 21.5 Å². The second-order valence-corrected chi connectivity index (χ2v) is 4.49. The van der Waals surface area contributed by atoms with Gasteiger partial charge in [-0.2, -0.15) is 0 Å². The van der Waals surface area contributed by atoms with E-state index in [9.17, 15) is 4.79 Å². The van der Waals surface area contributed by atoms with Gasteiger partial charge >= 0.3 is 5.97 Å².